The maximum atomic E-state index is 5.71. The number of nitrogens with two attached hydrogens (primary N) is 1. The van der Waals surface area contributed by atoms with Crippen LogP contribution >= 0.6 is 11.8 Å². The summed E-state index contributed by atoms with van der Waals surface area (Å²) in [7, 11) is 0. The molecule has 1 atom stereocenters. The second kappa shape index (κ2) is 4.67. The van der Waals surface area contributed by atoms with Crippen LogP contribution in [0.3, 0.4) is 0 Å². The van der Waals surface area contributed by atoms with Gasteiger partial charge >= 0.3 is 0 Å². The summed E-state index contributed by atoms with van der Waals surface area (Å²) in [6, 6.07) is 8.02. The highest BCUT2D eigenvalue weighted by Crippen LogP contribution is 2.20. The molecule has 0 aliphatic rings. The second-order valence-corrected chi connectivity index (χ2v) is 4.44. The molecule has 1 aromatic carbocycles. The number of thioether (sulfide) groups is 1. The van der Waals surface area contributed by atoms with Gasteiger partial charge in [0, 0.05) is 10.5 Å². The fourth-order valence-corrected chi connectivity index (χ4v) is 1.76. The highest BCUT2D eigenvalue weighted by atomic mass is 32.2. The number of hydrogen-bond donors (Lipinski definition) is 2. The maximum Gasteiger partial charge on any atom is 0.181 e. The topological polar surface area (TPSA) is 67.6 Å². The highest BCUT2D eigenvalue weighted by Gasteiger charge is 2.08. The van der Waals surface area contributed by atoms with E-state index in [1.54, 1.807) is 11.8 Å². The first-order chi connectivity index (χ1) is 7.70. The van der Waals surface area contributed by atoms with Crippen LogP contribution in [-0.4, -0.2) is 21.4 Å². The van der Waals surface area contributed by atoms with Crippen LogP contribution in [0.4, 0.5) is 0 Å². The van der Waals surface area contributed by atoms with Crippen LogP contribution in [0, 0.1) is 0 Å². The molecule has 16 heavy (non-hydrogen) atoms. The SMILES string of the molecule is CSc1ccc(-c2n[nH]c(C(C)N)n2)cc1. The molecular formula is C11H14N4S. The molecule has 2 aromatic rings. The summed E-state index contributed by atoms with van der Waals surface area (Å²) in [6.07, 6.45) is 2.05. The van der Waals surface area contributed by atoms with Crippen molar-refractivity contribution in [1.82, 2.24) is 15.2 Å². The van der Waals surface area contributed by atoms with Crippen LogP contribution in [-0.2, 0) is 0 Å². The minimum atomic E-state index is -0.119. The minimum Gasteiger partial charge on any atom is -0.322 e. The highest BCUT2D eigenvalue weighted by molar-refractivity contribution is 7.98. The van der Waals surface area contributed by atoms with Crippen LogP contribution < -0.4 is 5.73 Å². The first-order valence-electron chi connectivity index (χ1n) is 5.03. The third-order valence-corrected chi connectivity index (χ3v) is 3.03. The van der Waals surface area contributed by atoms with E-state index in [4.69, 9.17) is 5.73 Å². The number of hydrogen-bond acceptors (Lipinski definition) is 4. The summed E-state index contributed by atoms with van der Waals surface area (Å²) in [5.74, 6) is 1.41. The van der Waals surface area contributed by atoms with Gasteiger partial charge in [-0.2, -0.15) is 5.10 Å². The first kappa shape index (κ1) is 11.2. The van der Waals surface area contributed by atoms with Crippen molar-refractivity contribution in [2.75, 3.05) is 6.26 Å². The van der Waals surface area contributed by atoms with Crippen LogP contribution in [0.15, 0.2) is 29.2 Å². The summed E-state index contributed by atoms with van der Waals surface area (Å²) in [5, 5.41) is 6.98. The number of benzene rings is 1. The number of aromatic nitrogens is 3. The zero-order valence-corrected chi connectivity index (χ0v) is 10.1. The molecular weight excluding hydrogens is 220 g/mol. The van der Waals surface area contributed by atoms with E-state index >= 15 is 0 Å². The van der Waals surface area contributed by atoms with Gasteiger partial charge in [-0.15, -0.1) is 11.8 Å². The zero-order valence-electron chi connectivity index (χ0n) is 9.27. The Labute approximate surface area is 98.7 Å². The monoisotopic (exact) mass is 234 g/mol. The van der Waals surface area contributed by atoms with Crippen LogP contribution in [0.1, 0.15) is 18.8 Å². The lowest BCUT2D eigenvalue weighted by molar-refractivity contribution is 0.745. The molecule has 0 fully saturated rings. The van der Waals surface area contributed by atoms with E-state index in [1.807, 2.05) is 19.1 Å². The molecule has 1 unspecified atom stereocenters. The lowest BCUT2D eigenvalue weighted by Gasteiger charge is -1.98. The van der Waals surface area contributed by atoms with Crippen molar-refractivity contribution >= 4 is 11.8 Å². The lowest BCUT2D eigenvalue weighted by Crippen LogP contribution is -2.06. The van der Waals surface area contributed by atoms with E-state index in [1.165, 1.54) is 4.90 Å². The largest absolute Gasteiger partial charge is 0.322 e. The predicted octanol–water partition coefficient (Wildman–Crippen LogP) is 2.21. The molecule has 0 spiro atoms. The predicted molar refractivity (Wildman–Crippen MR) is 66.2 cm³/mol. The molecule has 0 amide bonds. The maximum absolute atomic E-state index is 5.71. The Bertz CT molecular complexity index is 461. The molecule has 0 saturated heterocycles. The Kier molecular flexibility index (Phi) is 3.26. The van der Waals surface area contributed by atoms with E-state index in [9.17, 15) is 0 Å². The molecule has 5 heteroatoms. The van der Waals surface area contributed by atoms with E-state index in [0.717, 1.165) is 5.56 Å². The Morgan fingerprint density at radius 3 is 2.50 bits per heavy atom. The Hall–Kier alpha value is -1.33. The quantitative estimate of drug-likeness (QED) is 0.799. The molecule has 2 rings (SSSR count). The van der Waals surface area contributed by atoms with Crippen molar-refractivity contribution in [3.8, 4) is 11.4 Å². The van der Waals surface area contributed by atoms with Gasteiger partial charge in [0.25, 0.3) is 0 Å². The number of nitrogens with one attached hydrogen (secondary N) is 1. The van der Waals surface area contributed by atoms with Crippen molar-refractivity contribution in [2.45, 2.75) is 17.9 Å². The van der Waals surface area contributed by atoms with Crippen molar-refractivity contribution in [3.63, 3.8) is 0 Å². The number of H-pyrrole nitrogens is 1. The molecule has 0 bridgehead atoms. The third kappa shape index (κ3) is 2.25. The average Bonchev–Trinajstić information content (AvgIpc) is 2.78. The summed E-state index contributed by atoms with van der Waals surface area (Å²) in [4.78, 5) is 5.57. The minimum absolute atomic E-state index is 0.119. The van der Waals surface area contributed by atoms with Crippen LogP contribution in [0.25, 0.3) is 11.4 Å². The summed E-state index contributed by atoms with van der Waals surface area (Å²) >= 11 is 1.71. The number of nitrogens with zero attached hydrogens (tertiary/aromatic N) is 2. The van der Waals surface area contributed by atoms with Gasteiger partial charge in [0.1, 0.15) is 5.82 Å². The number of aromatic amines is 1. The fraction of sp³-hybridized carbons (Fsp3) is 0.273. The molecule has 1 aromatic heterocycles. The van der Waals surface area contributed by atoms with E-state index in [0.29, 0.717) is 11.6 Å². The van der Waals surface area contributed by atoms with Crippen molar-refractivity contribution in [2.24, 2.45) is 5.73 Å². The Morgan fingerprint density at radius 1 is 1.31 bits per heavy atom. The van der Waals surface area contributed by atoms with Gasteiger partial charge in [0.2, 0.25) is 0 Å². The zero-order chi connectivity index (χ0) is 11.5. The molecule has 0 saturated carbocycles. The molecule has 84 valence electrons. The van der Waals surface area contributed by atoms with Gasteiger partial charge in [-0.05, 0) is 25.3 Å². The van der Waals surface area contributed by atoms with Gasteiger partial charge in [0.15, 0.2) is 5.82 Å². The Balaban J connectivity index is 2.28. The van der Waals surface area contributed by atoms with Gasteiger partial charge in [-0.25, -0.2) is 4.98 Å². The Morgan fingerprint density at radius 2 is 2.00 bits per heavy atom. The summed E-state index contributed by atoms with van der Waals surface area (Å²) in [6.45, 7) is 1.88. The third-order valence-electron chi connectivity index (χ3n) is 2.28. The van der Waals surface area contributed by atoms with Gasteiger partial charge in [-0.1, -0.05) is 12.1 Å². The molecule has 0 aliphatic heterocycles. The molecule has 0 aliphatic carbocycles. The van der Waals surface area contributed by atoms with Crippen molar-refractivity contribution in [1.29, 1.82) is 0 Å². The molecule has 1 heterocycles. The smallest absolute Gasteiger partial charge is 0.181 e. The molecule has 0 radical (unpaired) electrons. The molecule has 4 nitrogen and oxygen atoms in total. The van der Waals surface area contributed by atoms with Crippen LogP contribution in [0.5, 0.6) is 0 Å². The summed E-state index contributed by atoms with van der Waals surface area (Å²) < 4.78 is 0. The van der Waals surface area contributed by atoms with Crippen LogP contribution in [0.2, 0.25) is 0 Å². The second-order valence-electron chi connectivity index (χ2n) is 3.56. The van der Waals surface area contributed by atoms with E-state index in [-0.39, 0.29) is 6.04 Å². The fourth-order valence-electron chi connectivity index (χ4n) is 1.35. The normalized spacial score (nSPS) is 12.7. The standard InChI is InChI=1S/C11H14N4S/c1-7(12)10-13-11(15-14-10)8-3-5-9(16-2)6-4-8/h3-7H,12H2,1-2H3,(H,13,14,15). The van der Waals surface area contributed by atoms with Crippen molar-refractivity contribution in [3.05, 3.63) is 30.1 Å². The van der Waals surface area contributed by atoms with Gasteiger partial charge in [-0.3, -0.25) is 5.10 Å². The van der Waals surface area contributed by atoms with E-state index < -0.39 is 0 Å². The first-order valence-corrected chi connectivity index (χ1v) is 6.25. The van der Waals surface area contributed by atoms with Crippen molar-refractivity contribution < 1.29 is 0 Å². The van der Waals surface area contributed by atoms with E-state index in [2.05, 4.69) is 33.6 Å². The summed E-state index contributed by atoms with van der Waals surface area (Å²) in [5.41, 5.74) is 6.71. The molecule has 3 N–H and O–H groups in total. The number of rotatable bonds is 3. The average molecular weight is 234 g/mol. The van der Waals surface area contributed by atoms with Gasteiger partial charge < -0.3 is 5.73 Å². The van der Waals surface area contributed by atoms with Gasteiger partial charge in [0.05, 0.1) is 6.04 Å². The lowest BCUT2D eigenvalue weighted by atomic mass is 10.2.